The molecule has 0 amide bonds. The van der Waals surface area contributed by atoms with Gasteiger partial charge < -0.3 is 14.2 Å². The minimum Gasteiger partial charge on any atom is -0.489 e. The van der Waals surface area contributed by atoms with Gasteiger partial charge in [0.15, 0.2) is 4.80 Å². The summed E-state index contributed by atoms with van der Waals surface area (Å²) in [5, 5.41) is 0. The molecule has 0 aliphatic carbocycles. The zero-order chi connectivity index (χ0) is 30.5. The maximum Gasteiger partial charge on any atom is 0.338 e. The van der Waals surface area contributed by atoms with Gasteiger partial charge in [0.1, 0.15) is 19.0 Å². The maximum absolute atomic E-state index is 13.9. The Morgan fingerprint density at radius 3 is 2.33 bits per heavy atom. The Bertz CT molecular complexity index is 1800. The molecule has 7 nitrogen and oxygen atoms in total. The highest BCUT2D eigenvalue weighted by Crippen LogP contribution is 2.31. The van der Waals surface area contributed by atoms with Gasteiger partial charge in [0.05, 0.1) is 28.5 Å². The van der Waals surface area contributed by atoms with E-state index >= 15 is 0 Å². The molecule has 1 aliphatic rings. The Hall–Kier alpha value is -4.27. The van der Waals surface area contributed by atoms with Crippen LogP contribution in [0.3, 0.4) is 0 Å². The molecule has 2 heterocycles. The van der Waals surface area contributed by atoms with Crippen molar-refractivity contribution in [1.29, 1.82) is 0 Å². The highest BCUT2D eigenvalue weighted by molar-refractivity contribution is 7.07. The molecular weight excluding hydrogens is 560 g/mol. The van der Waals surface area contributed by atoms with Gasteiger partial charge in [-0.05, 0) is 60.2 Å². The standard InChI is InChI=1S/C35H36N2O5S/c1-22(2)27-12-14-28(15-13-27)32-31(34(39)41-19-18-40-5)24(4)36-35-37(32)33(38)30(43-35)20-25-10-16-29(17-11-25)42-21-26-8-6-23(3)7-9-26/h6-17,20,22,32H,18-19,21H2,1-5H3. The lowest BCUT2D eigenvalue weighted by Gasteiger charge is -2.25. The van der Waals surface area contributed by atoms with E-state index in [1.54, 1.807) is 18.6 Å². The second kappa shape index (κ2) is 13.4. The van der Waals surface area contributed by atoms with Crippen LogP contribution in [0, 0.1) is 6.92 Å². The van der Waals surface area contributed by atoms with Gasteiger partial charge in [-0.25, -0.2) is 9.79 Å². The molecular formula is C35H36N2O5S. The van der Waals surface area contributed by atoms with Crippen molar-refractivity contribution in [3.8, 4) is 5.75 Å². The number of carbonyl (C=O) groups is 1. The fraction of sp³-hybridized carbons (Fsp3) is 0.286. The van der Waals surface area contributed by atoms with E-state index in [1.165, 1.54) is 22.5 Å². The summed E-state index contributed by atoms with van der Waals surface area (Å²) in [6.07, 6.45) is 1.85. The quantitative estimate of drug-likeness (QED) is 0.180. The van der Waals surface area contributed by atoms with Crippen LogP contribution in [0.2, 0.25) is 0 Å². The zero-order valence-corrected chi connectivity index (χ0v) is 25.9. The molecule has 5 rings (SSSR count). The van der Waals surface area contributed by atoms with Crippen LogP contribution < -0.4 is 19.6 Å². The van der Waals surface area contributed by atoms with Crippen LogP contribution in [0.15, 0.2) is 93.9 Å². The van der Waals surface area contributed by atoms with Crippen LogP contribution in [0.25, 0.3) is 6.08 Å². The Morgan fingerprint density at radius 2 is 1.67 bits per heavy atom. The molecule has 0 spiro atoms. The van der Waals surface area contributed by atoms with E-state index in [0.717, 1.165) is 22.4 Å². The first kappa shape index (κ1) is 30.2. The maximum atomic E-state index is 13.9. The van der Waals surface area contributed by atoms with Crippen molar-refractivity contribution in [2.75, 3.05) is 20.3 Å². The Morgan fingerprint density at radius 1 is 0.977 bits per heavy atom. The van der Waals surface area contributed by atoms with Crippen LogP contribution in [0.5, 0.6) is 5.75 Å². The van der Waals surface area contributed by atoms with E-state index in [0.29, 0.717) is 33.1 Å². The van der Waals surface area contributed by atoms with Crippen molar-refractivity contribution < 1.29 is 19.0 Å². The summed E-state index contributed by atoms with van der Waals surface area (Å²) in [6.45, 7) is 8.97. The molecule has 222 valence electrons. The number of methoxy groups -OCH3 is 1. The molecule has 0 saturated carbocycles. The first-order valence-electron chi connectivity index (χ1n) is 14.3. The lowest BCUT2D eigenvalue weighted by Crippen LogP contribution is -2.40. The molecule has 0 fully saturated rings. The summed E-state index contributed by atoms with van der Waals surface area (Å²) < 4.78 is 18.6. The summed E-state index contributed by atoms with van der Waals surface area (Å²) in [6, 6.07) is 23.3. The number of fused-ring (bicyclic) bond motifs is 1. The third kappa shape index (κ3) is 6.87. The SMILES string of the molecule is COCCOC(=O)C1=C(C)N=c2sc(=Cc3ccc(OCc4ccc(C)cc4)cc3)c(=O)n2C1c1ccc(C(C)C)cc1. The summed E-state index contributed by atoms with van der Waals surface area (Å²) in [4.78, 5) is 32.5. The zero-order valence-electron chi connectivity index (χ0n) is 25.1. The van der Waals surface area contributed by atoms with E-state index in [1.807, 2.05) is 54.6 Å². The number of benzene rings is 3. The number of allylic oxidation sites excluding steroid dienone is 1. The second-order valence-corrected chi connectivity index (χ2v) is 11.9. The van der Waals surface area contributed by atoms with Gasteiger partial charge >= 0.3 is 5.97 Å². The monoisotopic (exact) mass is 596 g/mol. The van der Waals surface area contributed by atoms with Crippen LogP contribution in [-0.4, -0.2) is 30.9 Å². The first-order chi connectivity index (χ1) is 20.7. The van der Waals surface area contributed by atoms with Gasteiger partial charge in [-0.15, -0.1) is 0 Å². The van der Waals surface area contributed by atoms with Gasteiger partial charge in [0.2, 0.25) is 0 Å². The fourth-order valence-corrected chi connectivity index (χ4v) is 5.97. The summed E-state index contributed by atoms with van der Waals surface area (Å²) >= 11 is 1.31. The highest BCUT2D eigenvalue weighted by atomic mass is 32.1. The molecule has 8 heteroatoms. The van der Waals surface area contributed by atoms with Gasteiger partial charge in [-0.2, -0.15) is 0 Å². The third-order valence-electron chi connectivity index (χ3n) is 7.39. The molecule has 0 bridgehead atoms. The molecule has 1 aromatic heterocycles. The molecule has 1 aliphatic heterocycles. The largest absolute Gasteiger partial charge is 0.489 e. The van der Waals surface area contributed by atoms with Gasteiger partial charge in [0, 0.05) is 7.11 Å². The van der Waals surface area contributed by atoms with Crippen molar-refractivity contribution in [2.45, 2.75) is 46.3 Å². The number of thiazole rings is 1. The fourth-order valence-electron chi connectivity index (χ4n) is 4.92. The van der Waals surface area contributed by atoms with Crippen molar-refractivity contribution in [2.24, 2.45) is 4.99 Å². The summed E-state index contributed by atoms with van der Waals surface area (Å²) in [5.41, 5.74) is 5.83. The van der Waals surface area contributed by atoms with Gasteiger partial charge in [-0.3, -0.25) is 9.36 Å². The predicted octanol–water partition coefficient (Wildman–Crippen LogP) is 5.44. The van der Waals surface area contributed by atoms with Crippen molar-refractivity contribution >= 4 is 23.4 Å². The minimum atomic E-state index is -0.660. The van der Waals surface area contributed by atoms with Gasteiger partial charge in [0.25, 0.3) is 5.56 Å². The number of ether oxygens (including phenoxy) is 3. The average molecular weight is 597 g/mol. The first-order valence-corrected chi connectivity index (χ1v) is 15.1. The molecule has 3 aromatic carbocycles. The van der Waals surface area contributed by atoms with Crippen molar-refractivity contribution in [1.82, 2.24) is 4.57 Å². The van der Waals surface area contributed by atoms with Crippen molar-refractivity contribution in [3.63, 3.8) is 0 Å². The van der Waals surface area contributed by atoms with E-state index in [2.05, 4.69) is 50.0 Å². The molecule has 1 unspecified atom stereocenters. The van der Waals surface area contributed by atoms with E-state index in [9.17, 15) is 9.59 Å². The summed E-state index contributed by atoms with van der Waals surface area (Å²) in [7, 11) is 1.55. The topological polar surface area (TPSA) is 79.1 Å². The Kier molecular flexibility index (Phi) is 9.38. The average Bonchev–Trinajstić information content (AvgIpc) is 3.30. The van der Waals surface area contributed by atoms with Gasteiger partial charge in [-0.1, -0.05) is 91.4 Å². The molecule has 0 radical (unpaired) electrons. The smallest absolute Gasteiger partial charge is 0.338 e. The van der Waals surface area contributed by atoms with Crippen LogP contribution in [0.1, 0.15) is 60.5 Å². The van der Waals surface area contributed by atoms with Crippen molar-refractivity contribution in [3.05, 3.63) is 132 Å². The van der Waals surface area contributed by atoms with E-state index in [-0.39, 0.29) is 18.8 Å². The highest BCUT2D eigenvalue weighted by Gasteiger charge is 2.33. The summed E-state index contributed by atoms with van der Waals surface area (Å²) in [5.74, 6) is 0.592. The Labute approximate surface area is 255 Å². The minimum absolute atomic E-state index is 0.111. The van der Waals surface area contributed by atoms with Crippen LogP contribution in [0.4, 0.5) is 0 Å². The number of aromatic nitrogens is 1. The molecule has 0 N–H and O–H groups in total. The molecule has 1 atom stereocenters. The second-order valence-electron chi connectivity index (χ2n) is 10.9. The molecule has 43 heavy (non-hydrogen) atoms. The third-order valence-corrected chi connectivity index (χ3v) is 8.37. The Balaban J connectivity index is 1.48. The number of hydrogen-bond acceptors (Lipinski definition) is 7. The normalized spacial score (nSPS) is 14.9. The lowest BCUT2D eigenvalue weighted by atomic mass is 9.93. The number of hydrogen-bond donors (Lipinski definition) is 0. The number of carbonyl (C=O) groups excluding carboxylic acids is 1. The molecule has 4 aromatic rings. The van der Waals surface area contributed by atoms with E-state index in [4.69, 9.17) is 14.2 Å². The van der Waals surface area contributed by atoms with Crippen LogP contribution in [-0.2, 0) is 20.9 Å². The lowest BCUT2D eigenvalue weighted by molar-refractivity contribution is -0.140. The number of aryl methyl sites for hydroxylation is 1. The number of rotatable bonds is 10. The number of nitrogens with zero attached hydrogens (tertiary/aromatic N) is 2. The molecule has 0 saturated heterocycles. The van der Waals surface area contributed by atoms with Crippen LogP contribution >= 0.6 is 11.3 Å². The predicted molar refractivity (Wildman–Crippen MR) is 169 cm³/mol. The van der Waals surface area contributed by atoms with E-state index < -0.39 is 12.0 Å². The number of esters is 1.